The van der Waals surface area contributed by atoms with E-state index in [1.807, 2.05) is 55.4 Å². The Balaban J connectivity index is 1.28. The van der Waals surface area contributed by atoms with Gasteiger partial charge in [0, 0.05) is 70.3 Å². The van der Waals surface area contributed by atoms with Crippen LogP contribution in [0.1, 0.15) is 17.8 Å². The van der Waals surface area contributed by atoms with Crippen LogP contribution in [0.3, 0.4) is 0 Å². The number of carbonyl (C=O) groups is 2. The number of aromatic nitrogens is 2. The van der Waals surface area contributed by atoms with Crippen molar-refractivity contribution in [1.82, 2.24) is 19.4 Å². The van der Waals surface area contributed by atoms with E-state index in [-0.39, 0.29) is 17.7 Å². The van der Waals surface area contributed by atoms with Gasteiger partial charge in [-0.1, -0.05) is 17.7 Å². The van der Waals surface area contributed by atoms with Gasteiger partial charge >= 0.3 is 0 Å². The Labute approximate surface area is 171 Å². The molecule has 1 aromatic carbocycles. The minimum atomic E-state index is -0.232. The molecule has 4 rings (SSSR count). The first-order valence-electron chi connectivity index (χ1n) is 10.4. The van der Waals surface area contributed by atoms with E-state index in [0.717, 1.165) is 56.3 Å². The van der Waals surface area contributed by atoms with Crippen molar-refractivity contribution < 1.29 is 9.59 Å². The molecule has 2 amide bonds. The first-order chi connectivity index (χ1) is 14.0. The molecule has 1 aromatic heterocycles. The van der Waals surface area contributed by atoms with Crippen molar-refractivity contribution in [2.45, 2.75) is 26.8 Å². The SMILES string of the molecule is Cc1ccc(N2CC(C(=O)N3CCN(CCn4ccnc4C)CC3)CC2=O)cc1. The topological polar surface area (TPSA) is 61.7 Å². The molecule has 0 bridgehead atoms. The van der Waals surface area contributed by atoms with Gasteiger partial charge in [-0.05, 0) is 26.0 Å². The number of rotatable bonds is 5. The van der Waals surface area contributed by atoms with E-state index < -0.39 is 0 Å². The number of amides is 2. The number of imidazole rings is 1. The number of aryl methyl sites for hydroxylation is 2. The monoisotopic (exact) mass is 395 g/mol. The molecule has 154 valence electrons. The maximum absolute atomic E-state index is 13.0. The Morgan fingerprint density at radius 3 is 2.45 bits per heavy atom. The first kappa shape index (κ1) is 19.6. The van der Waals surface area contributed by atoms with Gasteiger partial charge in [0.1, 0.15) is 5.82 Å². The van der Waals surface area contributed by atoms with Gasteiger partial charge in [-0.2, -0.15) is 0 Å². The molecule has 0 N–H and O–H groups in total. The summed E-state index contributed by atoms with van der Waals surface area (Å²) in [5.74, 6) is 0.964. The molecule has 1 unspecified atom stereocenters. The number of hydrogen-bond acceptors (Lipinski definition) is 4. The number of hydrogen-bond donors (Lipinski definition) is 0. The lowest BCUT2D eigenvalue weighted by Gasteiger charge is -2.36. The second kappa shape index (κ2) is 8.37. The minimum absolute atomic E-state index is 0.0431. The van der Waals surface area contributed by atoms with Gasteiger partial charge in [-0.3, -0.25) is 14.5 Å². The van der Waals surface area contributed by atoms with Crippen LogP contribution < -0.4 is 4.90 Å². The highest BCUT2D eigenvalue weighted by Gasteiger charge is 2.37. The summed E-state index contributed by atoms with van der Waals surface area (Å²) in [5, 5.41) is 0. The van der Waals surface area contributed by atoms with Crippen molar-refractivity contribution in [3.63, 3.8) is 0 Å². The van der Waals surface area contributed by atoms with Crippen molar-refractivity contribution in [3.8, 4) is 0 Å². The number of anilines is 1. The fourth-order valence-electron chi connectivity index (χ4n) is 4.19. The summed E-state index contributed by atoms with van der Waals surface area (Å²) in [5.41, 5.74) is 2.05. The predicted molar refractivity (Wildman–Crippen MR) is 112 cm³/mol. The second-order valence-electron chi connectivity index (χ2n) is 8.08. The van der Waals surface area contributed by atoms with E-state index in [0.29, 0.717) is 13.0 Å². The summed E-state index contributed by atoms with van der Waals surface area (Å²) in [6.07, 6.45) is 4.15. The van der Waals surface area contributed by atoms with Gasteiger partial charge in [0.05, 0.1) is 5.92 Å². The third kappa shape index (κ3) is 4.34. The molecule has 2 fully saturated rings. The molecule has 0 aliphatic carbocycles. The largest absolute Gasteiger partial charge is 0.340 e. The molecule has 0 saturated carbocycles. The maximum atomic E-state index is 13.0. The summed E-state index contributed by atoms with van der Waals surface area (Å²) in [6, 6.07) is 7.92. The number of carbonyl (C=O) groups excluding carboxylic acids is 2. The van der Waals surface area contributed by atoms with Crippen LogP contribution >= 0.6 is 0 Å². The van der Waals surface area contributed by atoms with Crippen LogP contribution in [-0.4, -0.2) is 70.4 Å². The molecule has 2 aromatic rings. The van der Waals surface area contributed by atoms with Crippen LogP contribution in [0, 0.1) is 19.8 Å². The standard InChI is InChI=1S/C22H29N5O2/c1-17-3-5-20(6-4-17)27-16-19(15-21(27)28)22(29)26-13-10-24(11-14-26)9-12-25-8-7-23-18(25)2/h3-8,19H,9-16H2,1-2H3. The Bertz CT molecular complexity index is 868. The van der Waals surface area contributed by atoms with Crippen molar-refractivity contribution in [2.24, 2.45) is 5.92 Å². The molecule has 0 radical (unpaired) electrons. The van der Waals surface area contributed by atoms with Crippen LogP contribution in [0.15, 0.2) is 36.7 Å². The molecular weight excluding hydrogens is 366 g/mol. The third-order valence-electron chi connectivity index (χ3n) is 6.08. The smallest absolute Gasteiger partial charge is 0.228 e. The zero-order valence-electron chi connectivity index (χ0n) is 17.3. The Hall–Kier alpha value is -2.67. The van der Waals surface area contributed by atoms with Gasteiger partial charge in [-0.15, -0.1) is 0 Å². The first-order valence-corrected chi connectivity index (χ1v) is 10.4. The van der Waals surface area contributed by atoms with E-state index in [4.69, 9.17) is 0 Å². The summed E-state index contributed by atoms with van der Waals surface area (Å²) in [7, 11) is 0. The fourth-order valence-corrected chi connectivity index (χ4v) is 4.19. The average molecular weight is 396 g/mol. The molecule has 7 nitrogen and oxygen atoms in total. The lowest BCUT2D eigenvalue weighted by Crippen LogP contribution is -2.51. The van der Waals surface area contributed by atoms with Crippen molar-refractivity contribution in [2.75, 3.05) is 44.2 Å². The summed E-state index contributed by atoms with van der Waals surface area (Å²) >= 11 is 0. The van der Waals surface area contributed by atoms with Crippen LogP contribution in [-0.2, 0) is 16.1 Å². The quantitative estimate of drug-likeness (QED) is 0.773. The van der Waals surface area contributed by atoms with Crippen molar-refractivity contribution >= 4 is 17.5 Å². The Kier molecular flexibility index (Phi) is 5.67. The lowest BCUT2D eigenvalue weighted by atomic mass is 10.1. The Morgan fingerprint density at radius 1 is 1.07 bits per heavy atom. The van der Waals surface area contributed by atoms with Crippen LogP contribution in [0.4, 0.5) is 5.69 Å². The molecule has 2 saturated heterocycles. The van der Waals surface area contributed by atoms with Gasteiger partial charge < -0.3 is 14.4 Å². The zero-order valence-corrected chi connectivity index (χ0v) is 17.3. The molecule has 29 heavy (non-hydrogen) atoms. The van der Waals surface area contributed by atoms with Gasteiger partial charge in [0.2, 0.25) is 11.8 Å². The van der Waals surface area contributed by atoms with E-state index in [1.165, 1.54) is 0 Å². The van der Waals surface area contributed by atoms with Crippen molar-refractivity contribution in [1.29, 1.82) is 0 Å². The molecule has 2 aliphatic heterocycles. The minimum Gasteiger partial charge on any atom is -0.340 e. The molecule has 0 spiro atoms. The molecule has 2 aliphatic rings. The predicted octanol–water partition coefficient (Wildman–Crippen LogP) is 1.70. The number of benzene rings is 1. The van der Waals surface area contributed by atoms with Crippen LogP contribution in [0.25, 0.3) is 0 Å². The highest BCUT2D eigenvalue weighted by Crippen LogP contribution is 2.27. The summed E-state index contributed by atoms with van der Waals surface area (Å²) in [6.45, 7) is 9.63. The highest BCUT2D eigenvalue weighted by molar-refractivity contribution is 6.00. The average Bonchev–Trinajstić information content (AvgIpc) is 3.32. The Morgan fingerprint density at radius 2 is 1.79 bits per heavy atom. The molecule has 7 heteroatoms. The van der Waals surface area contributed by atoms with Gasteiger partial charge in [-0.25, -0.2) is 4.98 Å². The number of nitrogens with zero attached hydrogens (tertiary/aromatic N) is 5. The van der Waals surface area contributed by atoms with Gasteiger partial charge in [0.15, 0.2) is 0 Å². The zero-order chi connectivity index (χ0) is 20.4. The maximum Gasteiger partial charge on any atom is 0.228 e. The van der Waals surface area contributed by atoms with E-state index in [2.05, 4.69) is 14.5 Å². The van der Waals surface area contributed by atoms with E-state index in [1.54, 1.807) is 4.90 Å². The molecule has 3 heterocycles. The normalized spacial score (nSPS) is 20.5. The summed E-state index contributed by atoms with van der Waals surface area (Å²) < 4.78 is 2.15. The summed E-state index contributed by atoms with van der Waals surface area (Å²) in [4.78, 5) is 35.8. The highest BCUT2D eigenvalue weighted by atomic mass is 16.2. The molecule has 1 atom stereocenters. The van der Waals surface area contributed by atoms with E-state index in [9.17, 15) is 9.59 Å². The lowest BCUT2D eigenvalue weighted by molar-refractivity contribution is -0.137. The fraction of sp³-hybridized carbons (Fsp3) is 0.500. The van der Waals surface area contributed by atoms with Crippen molar-refractivity contribution in [3.05, 3.63) is 48.0 Å². The van der Waals surface area contributed by atoms with E-state index >= 15 is 0 Å². The second-order valence-corrected chi connectivity index (χ2v) is 8.08. The van der Waals surface area contributed by atoms with Gasteiger partial charge in [0.25, 0.3) is 0 Å². The van der Waals surface area contributed by atoms with Crippen LogP contribution in [0.5, 0.6) is 0 Å². The third-order valence-corrected chi connectivity index (χ3v) is 6.08. The molecular formula is C22H29N5O2. The number of piperazine rings is 1. The van der Waals surface area contributed by atoms with Crippen LogP contribution in [0.2, 0.25) is 0 Å².